The summed E-state index contributed by atoms with van der Waals surface area (Å²) in [7, 11) is 0. The predicted molar refractivity (Wildman–Crippen MR) is 88.7 cm³/mol. The molecule has 0 spiro atoms. The van der Waals surface area contributed by atoms with Gasteiger partial charge in [0.05, 0.1) is 6.04 Å². The Kier molecular flexibility index (Phi) is 5.58. The van der Waals surface area contributed by atoms with Gasteiger partial charge in [-0.15, -0.1) is 0 Å². The topological polar surface area (TPSA) is 20.3 Å². The number of nitrogens with zero attached hydrogens (tertiary/aromatic N) is 1. The number of carbonyl (C=O) groups is 1. The van der Waals surface area contributed by atoms with Crippen molar-refractivity contribution in [3.8, 4) is 0 Å². The molecule has 2 nitrogen and oxygen atoms in total. The minimum absolute atomic E-state index is 0.00128. The summed E-state index contributed by atoms with van der Waals surface area (Å²) in [6.45, 7) is 10.9. The Balaban J connectivity index is 2.00. The zero-order chi connectivity index (χ0) is 15.4. The summed E-state index contributed by atoms with van der Waals surface area (Å²) in [5.41, 5.74) is 2.05. The number of Topliss-reactive ketones (excluding diaryl/α,β-unsaturated/α-hetero) is 1. The largest absolute Gasteiger partial charge is 0.293 e. The summed E-state index contributed by atoms with van der Waals surface area (Å²) >= 11 is 0. The molecule has 0 amide bonds. The van der Waals surface area contributed by atoms with Crippen molar-refractivity contribution in [3.05, 3.63) is 35.4 Å². The fourth-order valence-corrected chi connectivity index (χ4v) is 3.32. The molecule has 1 aromatic rings. The molecule has 0 aromatic heterocycles. The van der Waals surface area contributed by atoms with Crippen molar-refractivity contribution in [1.82, 2.24) is 4.90 Å². The van der Waals surface area contributed by atoms with Gasteiger partial charge in [0.1, 0.15) is 0 Å². The second-order valence-corrected chi connectivity index (χ2v) is 6.88. The van der Waals surface area contributed by atoms with Gasteiger partial charge in [-0.3, -0.25) is 9.69 Å². The van der Waals surface area contributed by atoms with Crippen LogP contribution in [-0.2, 0) is 0 Å². The number of carbonyl (C=O) groups excluding carboxylic acids is 1. The first-order chi connectivity index (χ1) is 9.99. The molecule has 1 aromatic carbocycles. The molecule has 0 saturated carbocycles. The zero-order valence-corrected chi connectivity index (χ0v) is 13.9. The lowest BCUT2D eigenvalue weighted by atomic mass is 9.89. The molecular weight excluding hydrogens is 258 g/mol. The number of ketones is 1. The molecule has 2 heteroatoms. The maximum absolute atomic E-state index is 12.6. The molecular formula is C19H29NO. The van der Waals surface area contributed by atoms with Gasteiger partial charge in [-0.05, 0) is 58.0 Å². The normalized spacial score (nSPS) is 22.0. The summed E-state index contributed by atoms with van der Waals surface area (Å²) < 4.78 is 0. The van der Waals surface area contributed by atoms with Gasteiger partial charge in [-0.2, -0.15) is 0 Å². The third-order valence-corrected chi connectivity index (χ3v) is 5.01. The molecule has 0 bridgehead atoms. The van der Waals surface area contributed by atoms with Crippen molar-refractivity contribution in [2.45, 2.75) is 53.0 Å². The van der Waals surface area contributed by atoms with Crippen molar-refractivity contribution in [3.63, 3.8) is 0 Å². The molecule has 1 aliphatic rings. The van der Waals surface area contributed by atoms with E-state index in [1.165, 1.54) is 24.8 Å². The monoisotopic (exact) mass is 287 g/mol. The van der Waals surface area contributed by atoms with Crippen LogP contribution in [0.1, 0.15) is 56.0 Å². The van der Waals surface area contributed by atoms with Crippen LogP contribution in [-0.4, -0.2) is 29.8 Å². The maximum Gasteiger partial charge on any atom is 0.179 e. The Morgan fingerprint density at radius 2 is 1.76 bits per heavy atom. The van der Waals surface area contributed by atoms with Crippen LogP contribution in [0.3, 0.4) is 0 Å². The van der Waals surface area contributed by atoms with Crippen molar-refractivity contribution < 1.29 is 4.79 Å². The van der Waals surface area contributed by atoms with Crippen LogP contribution >= 0.6 is 0 Å². The number of hydrogen-bond donors (Lipinski definition) is 0. The summed E-state index contributed by atoms with van der Waals surface area (Å²) in [4.78, 5) is 15.0. The van der Waals surface area contributed by atoms with Gasteiger partial charge >= 0.3 is 0 Å². The van der Waals surface area contributed by atoms with E-state index < -0.39 is 0 Å². The minimum atomic E-state index is -0.00128. The smallest absolute Gasteiger partial charge is 0.179 e. The number of rotatable bonds is 4. The highest BCUT2D eigenvalue weighted by atomic mass is 16.1. The second-order valence-electron chi connectivity index (χ2n) is 6.88. The summed E-state index contributed by atoms with van der Waals surface area (Å²) in [5, 5.41) is 0. The van der Waals surface area contributed by atoms with Crippen LogP contribution in [0, 0.1) is 18.8 Å². The minimum Gasteiger partial charge on any atom is -0.293 e. The standard InChI is InChI=1S/C19H29NO/c1-14(2)17-6-5-12-20(13-11-17)16(4)19(21)18-9-7-15(3)8-10-18/h7-10,14,16-17H,5-6,11-13H2,1-4H3. The molecule has 1 heterocycles. The Morgan fingerprint density at radius 3 is 2.38 bits per heavy atom. The molecule has 2 atom stereocenters. The van der Waals surface area contributed by atoms with Crippen LogP contribution < -0.4 is 0 Å². The lowest BCUT2D eigenvalue weighted by molar-refractivity contribution is 0.0840. The van der Waals surface area contributed by atoms with E-state index in [9.17, 15) is 4.79 Å². The van der Waals surface area contributed by atoms with E-state index in [1.54, 1.807) is 0 Å². The van der Waals surface area contributed by atoms with Crippen LogP contribution in [0.5, 0.6) is 0 Å². The summed E-state index contributed by atoms with van der Waals surface area (Å²) in [6.07, 6.45) is 3.75. The van der Waals surface area contributed by atoms with Crippen molar-refractivity contribution in [2.75, 3.05) is 13.1 Å². The number of benzene rings is 1. The summed E-state index contributed by atoms with van der Waals surface area (Å²) in [5.74, 6) is 1.84. The van der Waals surface area contributed by atoms with Gasteiger partial charge in [0.15, 0.2) is 5.78 Å². The number of likely N-dealkylation sites (tertiary alicyclic amines) is 1. The average molecular weight is 287 g/mol. The highest BCUT2D eigenvalue weighted by Crippen LogP contribution is 2.26. The van der Waals surface area contributed by atoms with E-state index in [-0.39, 0.29) is 11.8 Å². The number of aryl methyl sites for hydroxylation is 1. The third-order valence-electron chi connectivity index (χ3n) is 5.01. The molecule has 1 saturated heterocycles. The number of hydrogen-bond acceptors (Lipinski definition) is 2. The van der Waals surface area contributed by atoms with Gasteiger partial charge in [0.2, 0.25) is 0 Å². The third kappa shape index (κ3) is 4.16. The van der Waals surface area contributed by atoms with E-state index in [0.717, 1.165) is 30.5 Å². The van der Waals surface area contributed by atoms with E-state index in [2.05, 4.69) is 32.6 Å². The Labute approximate surface area is 129 Å². The Hall–Kier alpha value is -1.15. The second kappa shape index (κ2) is 7.22. The van der Waals surface area contributed by atoms with Gasteiger partial charge < -0.3 is 0 Å². The van der Waals surface area contributed by atoms with Crippen molar-refractivity contribution in [2.24, 2.45) is 11.8 Å². The molecule has 21 heavy (non-hydrogen) atoms. The van der Waals surface area contributed by atoms with E-state index >= 15 is 0 Å². The Morgan fingerprint density at radius 1 is 1.10 bits per heavy atom. The fraction of sp³-hybridized carbons (Fsp3) is 0.632. The SMILES string of the molecule is Cc1ccc(C(=O)C(C)N2CCCC(C(C)C)CC2)cc1. The van der Waals surface area contributed by atoms with Crippen molar-refractivity contribution >= 4 is 5.78 Å². The van der Waals surface area contributed by atoms with Gasteiger partial charge in [-0.25, -0.2) is 0 Å². The fourth-order valence-electron chi connectivity index (χ4n) is 3.32. The lowest BCUT2D eigenvalue weighted by Gasteiger charge is -2.27. The Bertz CT molecular complexity index is 463. The molecule has 2 rings (SSSR count). The van der Waals surface area contributed by atoms with Crippen LogP contribution in [0.4, 0.5) is 0 Å². The van der Waals surface area contributed by atoms with Gasteiger partial charge in [0, 0.05) is 5.56 Å². The molecule has 1 aliphatic heterocycles. The van der Waals surface area contributed by atoms with E-state index in [0.29, 0.717) is 0 Å². The van der Waals surface area contributed by atoms with Crippen LogP contribution in [0.2, 0.25) is 0 Å². The first-order valence-corrected chi connectivity index (χ1v) is 8.34. The first-order valence-electron chi connectivity index (χ1n) is 8.34. The highest BCUT2D eigenvalue weighted by Gasteiger charge is 2.26. The van der Waals surface area contributed by atoms with Crippen LogP contribution in [0.15, 0.2) is 24.3 Å². The average Bonchev–Trinajstić information content (AvgIpc) is 2.72. The van der Waals surface area contributed by atoms with Crippen LogP contribution in [0.25, 0.3) is 0 Å². The molecule has 2 unspecified atom stereocenters. The first kappa shape index (κ1) is 16.2. The summed E-state index contributed by atoms with van der Waals surface area (Å²) in [6, 6.07) is 7.97. The molecule has 0 N–H and O–H groups in total. The van der Waals surface area contributed by atoms with Crippen molar-refractivity contribution in [1.29, 1.82) is 0 Å². The molecule has 0 radical (unpaired) electrons. The maximum atomic E-state index is 12.6. The van der Waals surface area contributed by atoms with Gasteiger partial charge in [0.25, 0.3) is 0 Å². The van der Waals surface area contributed by atoms with E-state index in [1.807, 2.05) is 24.3 Å². The van der Waals surface area contributed by atoms with Gasteiger partial charge in [-0.1, -0.05) is 43.7 Å². The molecule has 1 fully saturated rings. The predicted octanol–water partition coefficient (Wildman–Crippen LogP) is 4.32. The quantitative estimate of drug-likeness (QED) is 0.768. The zero-order valence-electron chi connectivity index (χ0n) is 13.9. The molecule has 0 aliphatic carbocycles. The molecule has 116 valence electrons. The van der Waals surface area contributed by atoms with E-state index in [4.69, 9.17) is 0 Å². The highest BCUT2D eigenvalue weighted by molar-refractivity contribution is 5.99. The lowest BCUT2D eigenvalue weighted by Crippen LogP contribution is -2.39.